The Morgan fingerprint density at radius 1 is 1.30 bits per heavy atom. The lowest BCUT2D eigenvalue weighted by molar-refractivity contribution is 0.412. The molecular weight excluding hydrogens is 299 g/mol. The Labute approximate surface area is 123 Å². The van der Waals surface area contributed by atoms with Crippen molar-refractivity contribution in [3.63, 3.8) is 0 Å². The number of rotatable bonds is 4. The lowest BCUT2D eigenvalue weighted by Crippen LogP contribution is -2.37. The fourth-order valence-electron chi connectivity index (χ4n) is 2.47. The second-order valence-electron chi connectivity index (χ2n) is 4.93. The van der Waals surface area contributed by atoms with Crippen molar-refractivity contribution in [3.05, 3.63) is 29.6 Å². The number of halogens is 1. The molecule has 1 saturated carbocycles. The Hall–Kier alpha value is -1.05. The maximum atomic E-state index is 13.8. The summed E-state index contributed by atoms with van der Waals surface area (Å²) < 4.78 is 41.1. The maximum absolute atomic E-state index is 13.8. The van der Waals surface area contributed by atoms with Gasteiger partial charge in [-0.05, 0) is 25.0 Å². The van der Waals surface area contributed by atoms with Crippen molar-refractivity contribution < 1.29 is 12.8 Å². The van der Waals surface area contributed by atoms with Crippen LogP contribution in [0.5, 0.6) is 0 Å². The van der Waals surface area contributed by atoms with E-state index in [0.29, 0.717) is 0 Å². The molecule has 1 aliphatic carbocycles. The van der Waals surface area contributed by atoms with Crippen LogP contribution in [-0.2, 0) is 10.0 Å². The predicted octanol–water partition coefficient (Wildman–Crippen LogP) is 2.07. The molecule has 2 rings (SSSR count). The zero-order valence-corrected chi connectivity index (χ0v) is 12.6. The van der Waals surface area contributed by atoms with E-state index in [4.69, 9.17) is 18.0 Å². The molecule has 0 unspecified atom stereocenters. The second kappa shape index (κ2) is 6.15. The van der Waals surface area contributed by atoms with Crippen LogP contribution in [0, 0.1) is 5.82 Å². The minimum absolute atomic E-state index is 0.101. The lowest BCUT2D eigenvalue weighted by Gasteiger charge is -2.23. The Balaban J connectivity index is 2.34. The van der Waals surface area contributed by atoms with Crippen molar-refractivity contribution in [2.24, 2.45) is 5.73 Å². The van der Waals surface area contributed by atoms with Crippen LogP contribution in [0.4, 0.5) is 4.39 Å². The molecule has 3 N–H and O–H groups in total. The first-order valence-electron chi connectivity index (χ1n) is 6.52. The van der Waals surface area contributed by atoms with Crippen molar-refractivity contribution in [2.75, 3.05) is 0 Å². The summed E-state index contributed by atoms with van der Waals surface area (Å²) in [5, 5.41) is 0. The Morgan fingerprint density at radius 2 is 1.95 bits per heavy atom. The van der Waals surface area contributed by atoms with Crippen LogP contribution in [0.25, 0.3) is 0 Å². The van der Waals surface area contributed by atoms with Crippen LogP contribution in [0.1, 0.15) is 37.7 Å². The van der Waals surface area contributed by atoms with Crippen LogP contribution in [0.2, 0.25) is 0 Å². The number of nitrogens with two attached hydrogens (primary N) is 1. The molecule has 0 aromatic heterocycles. The monoisotopic (exact) mass is 316 g/mol. The van der Waals surface area contributed by atoms with Gasteiger partial charge in [0, 0.05) is 6.04 Å². The van der Waals surface area contributed by atoms with E-state index in [1.54, 1.807) is 0 Å². The molecule has 0 radical (unpaired) electrons. The van der Waals surface area contributed by atoms with Gasteiger partial charge in [-0.3, -0.25) is 0 Å². The molecule has 1 aromatic rings. The largest absolute Gasteiger partial charge is 0.389 e. The van der Waals surface area contributed by atoms with E-state index in [0.717, 1.165) is 38.2 Å². The number of benzene rings is 1. The topological polar surface area (TPSA) is 72.2 Å². The molecule has 0 spiro atoms. The maximum Gasteiger partial charge on any atom is 0.241 e. The van der Waals surface area contributed by atoms with Gasteiger partial charge in [-0.25, -0.2) is 17.5 Å². The molecule has 0 saturated heterocycles. The summed E-state index contributed by atoms with van der Waals surface area (Å²) in [4.78, 5) is -0.442. The van der Waals surface area contributed by atoms with Crippen LogP contribution in [0.3, 0.4) is 0 Å². The van der Waals surface area contributed by atoms with Crippen LogP contribution in [0.15, 0.2) is 23.1 Å². The SMILES string of the molecule is NC(=S)c1c(F)cccc1S(=O)(=O)NC1CCCCC1. The van der Waals surface area contributed by atoms with Crippen LogP contribution < -0.4 is 10.5 Å². The van der Waals surface area contributed by atoms with E-state index in [9.17, 15) is 12.8 Å². The Morgan fingerprint density at radius 3 is 2.55 bits per heavy atom. The second-order valence-corrected chi connectivity index (χ2v) is 7.06. The first kappa shape index (κ1) is 15.3. The van der Waals surface area contributed by atoms with Gasteiger partial charge in [-0.2, -0.15) is 0 Å². The van der Waals surface area contributed by atoms with Gasteiger partial charge in [0.1, 0.15) is 10.8 Å². The molecule has 7 heteroatoms. The van der Waals surface area contributed by atoms with Crippen molar-refractivity contribution >= 4 is 27.2 Å². The molecule has 0 aliphatic heterocycles. The summed E-state index contributed by atoms with van der Waals surface area (Å²) in [6.07, 6.45) is 4.72. The van der Waals surface area contributed by atoms with Crippen molar-refractivity contribution in [1.29, 1.82) is 0 Å². The number of hydrogen-bond donors (Lipinski definition) is 2. The average Bonchev–Trinajstić information content (AvgIpc) is 2.38. The first-order valence-corrected chi connectivity index (χ1v) is 8.41. The highest BCUT2D eigenvalue weighted by atomic mass is 32.2. The van der Waals surface area contributed by atoms with E-state index in [2.05, 4.69) is 4.72 Å². The normalized spacial score (nSPS) is 17.1. The minimum atomic E-state index is -3.82. The highest BCUT2D eigenvalue weighted by Gasteiger charge is 2.26. The fraction of sp³-hybridized carbons (Fsp3) is 0.462. The van der Waals surface area contributed by atoms with Gasteiger partial charge >= 0.3 is 0 Å². The lowest BCUT2D eigenvalue weighted by atomic mass is 9.96. The van der Waals surface area contributed by atoms with E-state index in [1.807, 2.05) is 0 Å². The summed E-state index contributed by atoms with van der Waals surface area (Å²) in [6.45, 7) is 0. The minimum Gasteiger partial charge on any atom is -0.389 e. The zero-order valence-electron chi connectivity index (χ0n) is 10.9. The van der Waals surface area contributed by atoms with Gasteiger partial charge in [-0.1, -0.05) is 37.5 Å². The summed E-state index contributed by atoms with van der Waals surface area (Å²) in [6, 6.07) is 3.71. The summed E-state index contributed by atoms with van der Waals surface area (Å²) in [5.74, 6) is -0.719. The number of thiocarbonyl (C=S) groups is 1. The quantitative estimate of drug-likeness (QED) is 0.834. The van der Waals surface area contributed by atoms with E-state index < -0.39 is 15.8 Å². The zero-order chi connectivity index (χ0) is 14.8. The Bertz CT molecular complexity index is 611. The third kappa shape index (κ3) is 3.34. The fourth-order valence-corrected chi connectivity index (χ4v) is 4.28. The third-order valence-electron chi connectivity index (χ3n) is 3.44. The van der Waals surface area contributed by atoms with Crippen molar-refractivity contribution in [1.82, 2.24) is 4.72 Å². The molecule has 0 bridgehead atoms. The van der Waals surface area contributed by atoms with E-state index in [-0.39, 0.29) is 21.5 Å². The Kier molecular flexibility index (Phi) is 4.72. The van der Waals surface area contributed by atoms with Crippen LogP contribution >= 0.6 is 12.2 Å². The molecule has 1 fully saturated rings. The number of hydrogen-bond acceptors (Lipinski definition) is 3. The molecule has 0 atom stereocenters. The van der Waals surface area contributed by atoms with Crippen LogP contribution in [-0.4, -0.2) is 19.4 Å². The molecule has 0 amide bonds. The van der Waals surface area contributed by atoms with Gasteiger partial charge in [0.05, 0.1) is 10.5 Å². The van der Waals surface area contributed by atoms with Gasteiger partial charge < -0.3 is 5.73 Å². The average molecular weight is 316 g/mol. The molecule has 4 nitrogen and oxygen atoms in total. The smallest absolute Gasteiger partial charge is 0.241 e. The molecule has 0 heterocycles. The predicted molar refractivity (Wildman–Crippen MR) is 79.5 cm³/mol. The van der Waals surface area contributed by atoms with Gasteiger partial charge in [-0.15, -0.1) is 0 Å². The highest BCUT2D eigenvalue weighted by molar-refractivity contribution is 7.89. The van der Waals surface area contributed by atoms with Gasteiger partial charge in [0.25, 0.3) is 0 Å². The number of nitrogens with one attached hydrogen (secondary N) is 1. The molecule has 110 valence electrons. The van der Waals surface area contributed by atoms with Gasteiger partial charge in [0.2, 0.25) is 10.0 Å². The molecular formula is C13H17FN2O2S2. The molecule has 20 heavy (non-hydrogen) atoms. The molecule has 1 aliphatic rings. The summed E-state index contributed by atoms with van der Waals surface area (Å²) in [7, 11) is -3.82. The molecule has 1 aromatic carbocycles. The van der Waals surface area contributed by atoms with Crippen molar-refractivity contribution in [2.45, 2.75) is 43.0 Å². The van der Waals surface area contributed by atoms with E-state index in [1.165, 1.54) is 12.1 Å². The third-order valence-corrected chi connectivity index (χ3v) is 5.21. The summed E-state index contributed by atoms with van der Waals surface area (Å²) in [5.41, 5.74) is 5.23. The standard InChI is InChI=1S/C13H17FN2O2S2/c14-10-7-4-8-11(12(10)13(15)19)20(17,18)16-9-5-2-1-3-6-9/h4,7-9,16H,1-3,5-6H2,(H2,15,19). The van der Waals surface area contributed by atoms with E-state index >= 15 is 0 Å². The number of sulfonamides is 1. The summed E-state index contributed by atoms with van der Waals surface area (Å²) >= 11 is 4.76. The first-order chi connectivity index (χ1) is 9.42. The highest BCUT2D eigenvalue weighted by Crippen LogP contribution is 2.23. The van der Waals surface area contributed by atoms with Crippen molar-refractivity contribution in [3.8, 4) is 0 Å². The van der Waals surface area contributed by atoms with Gasteiger partial charge in [0.15, 0.2) is 0 Å².